The number of unbranched alkanes of at least 4 members (excludes halogenated alkanes) is 3. The van der Waals surface area contributed by atoms with Gasteiger partial charge in [-0.3, -0.25) is 15.0 Å². The van der Waals surface area contributed by atoms with Crippen molar-refractivity contribution in [2.24, 2.45) is 5.41 Å². The lowest BCUT2D eigenvalue weighted by Crippen LogP contribution is -2.63. The summed E-state index contributed by atoms with van der Waals surface area (Å²) in [6, 6.07) is 19.4. The van der Waals surface area contributed by atoms with E-state index in [2.05, 4.69) is 59.9 Å². The van der Waals surface area contributed by atoms with E-state index in [1.807, 2.05) is 0 Å². The van der Waals surface area contributed by atoms with E-state index in [1.165, 1.54) is 42.8 Å². The number of amides is 3. The van der Waals surface area contributed by atoms with Gasteiger partial charge in [0, 0.05) is 19.6 Å². The van der Waals surface area contributed by atoms with E-state index in [-0.39, 0.29) is 32.1 Å². The molecule has 3 unspecified atom stereocenters. The topological polar surface area (TPSA) is 108 Å². The Hall–Kier alpha value is -3.30. The Morgan fingerprint density at radius 3 is 2.44 bits per heavy atom. The number of rotatable bonds is 11. The molecular weight excluding hydrogens is 520 g/mol. The molecule has 4 atom stereocenters. The summed E-state index contributed by atoms with van der Waals surface area (Å²) in [4.78, 5) is 26.5. The SMILES string of the molecule is CC1(COCCCCCCc2ccc3ccc4cccc5ccc2c3c45)CN(C2C[C@H](O)C(CO)O2)C(=O)NC1=O. The highest BCUT2D eigenvalue weighted by atomic mass is 16.5. The molecule has 216 valence electrons. The van der Waals surface area contributed by atoms with Gasteiger partial charge in [0.2, 0.25) is 5.91 Å². The highest BCUT2D eigenvalue weighted by Gasteiger charge is 2.48. The summed E-state index contributed by atoms with van der Waals surface area (Å²) in [6.07, 6.45) is 3.08. The molecule has 0 spiro atoms. The lowest BCUT2D eigenvalue weighted by molar-refractivity contribution is -0.141. The predicted octanol–water partition coefficient (Wildman–Crippen LogP) is 4.73. The number of aliphatic hydroxyl groups is 2. The normalized spacial score (nSPS) is 25.1. The van der Waals surface area contributed by atoms with Gasteiger partial charge in [0.05, 0.1) is 24.7 Å². The Labute approximate surface area is 239 Å². The highest BCUT2D eigenvalue weighted by molar-refractivity contribution is 6.23. The van der Waals surface area contributed by atoms with Gasteiger partial charge in [0.15, 0.2) is 0 Å². The van der Waals surface area contributed by atoms with Gasteiger partial charge in [-0.05, 0) is 64.1 Å². The molecule has 0 saturated carbocycles. The molecule has 2 aliphatic rings. The molecule has 2 saturated heterocycles. The van der Waals surface area contributed by atoms with Crippen LogP contribution >= 0.6 is 0 Å². The van der Waals surface area contributed by atoms with Crippen LogP contribution in [0.2, 0.25) is 0 Å². The molecular formula is C33H38N2O6. The van der Waals surface area contributed by atoms with Gasteiger partial charge in [-0.1, -0.05) is 67.4 Å². The second-order valence-electron chi connectivity index (χ2n) is 11.9. The minimum absolute atomic E-state index is 0.131. The molecule has 0 aliphatic carbocycles. The molecule has 8 nitrogen and oxygen atoms in total. The molecule has 0 aromatic heterocycles. The molecule has 4 aromatic rings. The number of hydrogen-bond donors (Lipinski definition) is 3. The van der Waals surface area contributed by atoms with E-state index in [9.17, 15) is 19.8 Å². The zero-order chi connectivity index (χ0) is 28.6. The van der Waals surface area contributed by atoms with E-state index < -0.39 is 29.9 Å². The Morgan fingerprint density at radius 2 is 1.68 bits per heavy atom. The maximum atomic E-state index is 12.6. The fourth-order valence-electron chi connectivity index (χ4n) is 6.44. The van der Waals surface area contributed by atoms with Crippen LogP contribution in [-0.2, 0) is 20.7 Å². The van der Waals surface area contributed by atoms with Gasteiger partial charge in [0.25, 0.3) is 0 Å². The lowest BCUT2D eigenvalue weighted by Gasteiger charge is -2.41. The predicted molar refractivity (Wildman–Crippen MR) is 158 cm³/mol. The molecule has 6 rings (SSSR count). The smallest absolute Gasteiger partial charge is 0.326 e. The van der Waals surface area contributed by atoms with Crippen molar-refractivity contribution in [3.63, 3.8) is 0 Å². The van der Waals surface area contributed by atoms with E-state index in [0.29, 0.717) is 6.61 Å². The molecule has 3 N–H and O–H groups in total. The fraction of sp³-hybridized carbons (Fsp3) is 0.455. The Morgan fingerprint density at radius 1 is 0.976 bits per heavy atom. The molecule has 4 aromatic carbocycles. The highest BCUT2D eigenvalue weighted by Crippen LogP contribution is 2.36. The summed E-state index contributed by atoms with van der Waals surface area (Å²) < 4.78 is 11.6. The number of aliphatic hydroxyl groups excluding tert-OH is 2. The van der Waals surface area contributed by atoms with E-state index in [1.54, 1.807) is 6.92 Å². The minimum atomic E-state index is -0.922. The third-order valence-corrected chi connectivity index (χ3v) is 8.80. The molecule has 2 heterocycles. The number of hydrogen-bond acceptors (Lipinski definition) is 6. The number of nitrogens with one attached hydrogen (secondary N) is 1. The van der Waals surface area contributed by atoms with Crippen LogP contribution in [0.3, 0.4) is 0 Å². The van der Waals surface area contributed by atoms with Crippen molar-refractivity contribution in [2.45, 2.75) is 63.9 Å². The number of imide groups is 1. The third-order valence-electron chi connectivity index (χ3n) is 8.80. The fourth-order valence-corrected chi connectivity index (χ4v) is 6.44. The van der Waals surface area contributed by atoms with Crippen molar-refractivity contribution >= 4 is 44.3 Å². The van der Waals surface area contributed by atoms with E-state index in [4.69, 9.17) is 9.47 Å². The van der Waals surface area contributed by atoms with Crippen LogP contribution in [0.4, 0.5) is 4.79 Å². The molecule has 0 bridgehead atoms. The van der Waals surface area contributed by atoms with E-state index >= 15 is 0 Å². The summed E-state index contributed by atoms with van der Waals surface area (Å²) in [7, 11) is 0. The van der Waals surface area contributed by atoms with Gasteiger partial charge in [-0.2, -0.15) is 0 Å². The summed E-state index contributed by atoms with van der Waals surface area (Å²) >= 11 is 0. The third kappa shape index (κ3) is 5.37. The number of aryl methyl sites for hydroxylation is 1. The first kappa shape index (κ1) is 27.8. The number of carbonyl (C=O) groups excluding carboxylic acids is 2. The zero-order valence-electron chi connectivity index (χ0n) is 23.5. The number of benzene rings is 4. The number of carbonyl (C=O) groups is 2. The molecule has 41 heavy (non-hydrogen) atoms. The van der Waals surface area contributed by atoms with Crippen molar-refractivity contribution in [2.75, 3.05) is 26.4 Å². The average Bonchev–Trinajstić information content (AvgIpc) is 3.36. The van der Waals surface area contributed by atoms with Crippen LogP contribution < -0.4 is 5.32 Å². The first-order valence-electron chi connectivity index (χ1n) is 14.7. The summed E-state index contributed by atoms with van der Waals surface area (Å²) in [5.74, 6) is -0.371. The van der Waals surface area contributed by atoms with Crippen LogP contribution in [0, 0.1) is 5.41 Å². The Kier molecular flexibility index (Phi) is 7.83. The maximum Gasteiger partial charge on any atom is 0.326 e. The van der Waals surface area contributed by atoms with E-state index in [0.717, 1.165) is 32.1 Å². The zero-order valence-corrected chi connectivity index (χ0v) is 23.5. The quantitative estimate of drug-likeness (QED) is 0.181. The maximum absolute atomic E-state index is 12.6. The molecule has 2 aliphatic heterocycles. The summed E-state index contributed by atoms with van der Waals surface area (Å²) in [5.41, 5.74) is 0.473. The average molecular weight is 559 g/mol. The van der Waals surface area contributed by atoms with Crippen molar-refractivity contribution in [3.8, 4) is 0 Å². The standard InChI is InChI=1S/C33H38N2O6/c1-33(19-35(32(39)34-31(33)38)28-17-26(37)27(18-36)41-28)20-40-16-5-3-2-4-7-21-10-11-24-13-12-22-8-6-9-23-14-15-25(21)30(24)29(22)23/h6,8-15,26-28,36-37H,2-5,7,16-20H2,1H3,(H,34,38,39)/t26-,27?,28?,33?/m0/s1. The minimum Gasteiger partial charge on any atom is -0.394 e. The van der Waals surface area contributed by atoms with Crippen LogP contribution in [-0.4, -0.2) is 71.9 Å². The van der Waals surface area contributed by atoms with Crippen LogP contribution in [0.1, 0.15) is 44.6 Å². The molecule has 3 amide bonds. The second-order valence-corrected chi connectivity index (χ2v) is 11.9. The van der Waals surface area contributed by atoms with Crippen molar-refractivity contribution < 1.29 is 29.3 Å². The molecule has 8 heteroatoms. The molecule has 2 fully saturated rings. The Bertz CT molecular complexity index is 1540. The first-order chi connectivity index (χ1) is 19.9. The van der Waals surface area contributed by atoms with Crippen molar-refractivity contribution in [3.05, 3.63) is 60.2 Å². The Balaban J connectivity index is 0.968. The number of urea groups is 1. The number of nitrogens with zero attached hydrogens (tertiary/aromatic N) is 1. The summed E-state index contributed by atoms with van der Waals surface area (Å²) in [5, 5.41) is 29.8. The number of ether oxygens (including phenoxy) is 2. The second kappa shape index (κ2) is 11.5. The monoisotopic (exact) mass is 558 g/mol. The largest absolute Gasteiger partial charge is 0.394 e. The molecule has 0 radical (unpaired) electrons. The first-order valence-corrected chi connectivity index (χ1v) is 14.7. The van der Waals surface area contributed by atoms with Gasteiger partial charge in [0.1, 0.15) is 12.3 Å². The van der Waals surface area contributed by atoms with Crippen molar-refractivity contribution in [1.82, 2.24) is 10.2 Å². The van der Waals surface area contributed by atoms with Crippen LogP contribution in [0.25, 0.3) is 32.3 Å². The van der Waals surface area contributed by atoms with Crippen molar-refractivity contribution in [1.29, 1.82) is 0 Å². The van der Waals surface area contributed by atoms with Gasteiger partial charge < -0.3 is 19.7 Å². The van der Waals surface area contributed by atoms with Gasteiger partial charge in [-0.15, -0.1) is 0 Å². The lowest BCUT2D eigenvalue weighted by atomic mass is 9.88. The van der Waals surface area contributed by atoms with Crippen LogP contribution in [0.15, 0.2) is 54.6 Å². The van der Waals surface area contributed by atoms with Gasteiger partial charge in [-0.25, -0.2) is 4.79 Å². The van der Waals surface area contributed by atoms with Gasteiger partial charge >= 0.3 is 6.03 Å². The van der Waals surface area contributed by atoms with Crippen LogP contribution in [0.5, 0.6) is 0 Å². The summed E-state index contributed by atoms with van der Waals surface area (Å²) in [6.45, 7) is 2.30.